The Labute approximate surface area is 120 Å². The molecule has 0 bridgehead atoms. The molecular formula is C16H24N2O2. The van der Waals surface area contributed by atoms with E-state index in [9.17, 15) is 9.90 Å². The maximum Gasteiger partial charge on any atom is 0.315 e. The lowest BCUT2D eigenvalue weighted by Crippen LogP contribution is -2.45. The third-order valence-corrected chi connectivity index (χ3v) is 4.07. The van der Waals surface area contributed by atoms with Gasteiger partial charge in [-0.2, -0.15) is 0 Å². The van der Waals surface area contributed by atoms with Crippen LogP contribution in [0.4, 0.5) is 4.79 Å². The molecule has 2 rings (SSSR count). The Morgan fingerprint density at radius 2 is 2.05 bits per heavy atom. The number of nitrogens with one attached hydrogen (secondary N) is 2. The molecule has 0 aromatic heterocycles. The first-order valence-electron chi connectivity index (χ1n) is 7.36. The summed E-state index contributed by atoms with van der Waals surface area (Å²) in [5, 5.41) is 15.1. The average Bonchev–Trinajstić information content (AvgIpc) is 3.26. The Morgan fingerprint density at radius 3 is 2.60 bits per heavy atom. The molecule has 2 amide bonds. The SMILES string of the molecule is CCC(Cc1ccccc1)NC(=O)NCC1(CO)CC1. The second kappa shape index (κ2) is 6.75. The van der Waals surface area contributed by atoms with Crippen molar-refractivity contribution in [3.05, 3.63) is 35.9 Å². The number of hydrogen-bond donors (Lipinski definition) is 3. The third-order valence-electron chi connectivity index (χ3n) is 4.07. The van der Waals surface area contributed by atoms with Crippen molar-refractivity contribution in [2.45, 2.75) is 38.6 Å². The molecule has 20 heavy (non-hydrogen) atoms. The first kappa shape index (κ1) is 14.9. The Balaban J connectivity index is 1.76. The number of carbonyl (C=O) groups excluding carboxylic acids is 1. The summed E-state index contributed by atoms with van der Waals surface area (Å²) >= 11 is 0. The number of urea groups is 1. The van der Waals surface area contributed by atoms with Gasteiger partial charge >= 0.3 is 6.03 Å². The minimum absolute atomic E-state index is 0.0432. The molecule has 1 aliphatic rings. The molecule has 3 N–H and O–H groups in total. The lowest BCUT2D eigenvalue weighted by molar-refractivity contribution is 0.202. The number of carbonyl (C=O) groups is 1. The largest absolute Gasteiger partial charge is 0.396 e. The number of aliphatic hydroxyl groups excluding tert-OH is 1. The molecule has 0 spiro atoms. The number of amides is 2. The zero-order chi connectivity index (χ0) is 14.4. The van der Waals surface area contributed by atoms with Gasteiger partial charge in [0.1, 0.15) is 0 Å². The lowest BCUT2D eigenvalue weighted by Gasteiger charge is -2.19. The zero-order valence-corrected chi connectivity index (χ0v) is 12.1. The molecule has 1 aliphatic carbocycles. The van der Waals surface area contributed by atoms with Crippen molar-refractivity contribution in [2.75, 3.05) is 13.2 Å². The van der Waals surface area contributed by atoms with Crippen LogP contribution >= 0.6 is 0 Å². The van der Waals surface area contributed by atoms with E-state index in [2.05, 4.69) is 29.7 Å². The molecule has 0 heterocycles. The van der Waals surface area contributed by atoms with Gasteiger partial charge in [0.15, 0.2) is 0 Å². The molecule has 0 radical (unpaired) electrons. The maximum atomic E-state index is 11.9. The minimum atomic E-state index is -0.132. The van der Waals surface area contributed by atoms with Gasteiger partial charge in [-0.25, -0.2) is 4.79 Å². The molecule has 1 unspecified atom stereocenters. The van der Waals surface area contributed by atoms with Crippen molar-refractivity contribution in [1.29, 1.82) is 0 Å². The van der Waals surface area contributed by atoms with Crippen LogP contribution in [0.2, 0.25) is 0 Å². The van der Waals surface area contributed by atoms with Gasteiger partial charge in [0.05, 0.1) is 6.61 Å². The predicted molar refractivity (Wildman–Crippen MR) is 79.5 cm³/mol. The molecule has 1 aromatic rings. The first-order chi connectivity index (χ1) is 9.67. The summed E-state index contributed by atoms with van der Waals surface area (Å²) in [6.45, 7) is 2.80. The molecule has 1 atom stereocenters. The van der Waals surface area contributed by atoms with Crippen molar-refractivity contribution in [2.24, 2.45) is 5.41 Å². The lowest BCUT2D eigenvalue weighted by atomic mass is 10.0. The van der Waals surface area contributed by atoms with Crippen LogP contribution < -0.4 is 10.6 Å². The first-order valence-corrected chi connectivity index (χ1v) is 7.36. The Hall–Kier alpha value is -1.55. The number of rotatable bonds is 7. The number of aliphatic hydroxyl groups is 1. The van der Waals surface area contributed by atoms with Crippen LogP contribution in [0.1, 0.15) is 31.7 Å². The van der Waals surface area contributed by atoms with Crippen molar-refractivity contribution in [1.82, 2.24) is 10.6 Å². The van der Waals surface area contributed by atoms with Crippen molar-refractivity contribution in [3.63, 3.8) is 0 Å². The summed E-state index contributed by atoms with van der Waals surface area (Å²) in [6.07, 6.45) is 3.75. The molecule has 1 fully saturated rings. The highest BCUT2D eigenvalue weighted by Crippen LogP contribution is 2.44. The molecule has 1 saturated carbocycles. The third kappa shape index (κ3) is 4.23. The molecule has 1 aromatic carbocycles. The fraction of sp³-hybridized carbons (Fsp3) is 0.562. The van der Waals surface area contributed by atoms with Gasteiger partial charge in [-0.3, -0.25) is 0 Å². The monoisotopic (exact) mass is 276 g/mol. The second-order valence-electron chi connectivity index (χ2n) is 5.78. The van der Waals surface area contributed by atoms with Crippen molar-refractivity contribution >= 4 is 6.03 Å². The van der Waals surface area contributed by atoms with Crippen LogP contribution in [-0.4, -0.2) is 30.3 Å². The summed E-state index contributed by atoms with van der Waals surface area (Å²) in [7, 11) is 0. The quantitative estimate of drug-likeness (QED) is 0.714. The Bertz CT molecular complexity index is 429. The van der Waals surface area contributed by atoms with E-state index in [0.717, 1.165) is 25.7 Å². The fourth-order valence-corrected chi connectivity index (χ4v) is 2.27. The van der Waals surface area contributed by atoms with Crippen LogP contribution in [0.25, 0.3) is 0 Å². The second-order valence-corrected chi connectivity index (χ2v) is 5.78. The van der Waals surface area contributed by atoms with E-state index in [1.165, 1.54) is 5.56 Å². The predicted octanol–water partition coefficient (Wildman–Crippen LogP) is 2.08. The summed E-state index contributed by atoms with van der Waals surface area (Å²) in [5.74, 6) is 0. The van der Waals surface area contributed by atoms with E-state index in [4.69, 9.17) is 0 Å². The van der Waals surface area contributed by atoms with Crippen molar-refractivity contribution in [3.8, 4) is 0 Å². The van der Waals surface area contributed by atoms with Gasteiger partial charge in [0, 0.05) is 18.0 Å². The van der Waals surface area contributed by atoms with Gasteiger partial charge < -0.3 is 15.7 Å². The topological polar surface area (TPSA) is 61.4 Å². The zero-order valence-electron chi connectivity index (χ0n) is 12.1. The molecule has 110 valence electrons. The average molecular weight is 276 g/mol. The van der Waals surface area contributed by atoms with Gasteiger partial charge in [0.2, 0.25) is 0 Å². The molecule has 4 nitrogen and oxygen atoms in total. The summed E-state index contributed by atoms with van der Waals surface area (Å²) in [5.41, 5.74) is 1.19. The van der Waals surface area contributed by atoms with E-state index < -0.39 is 0 Å². The van der Waals surface area contributed by atoms with Gasteiger partial charge in [0.25, 0.3) is 0 Å². The van der Waals surface area contributed by atoms with E-state index in [0.29, 0.717) is 6.54 Å². The Kier molecular flexibility index (Phi) is 5.01. The molecule has 0 aliphatic heterocycles. The highest BCUT2D eigenvalue weighted by molar-refractivity contribution is 5.74. The van der Waals surface area contributed by atoms with Crippen molar-refractivity contribution < 1.29 is 9.90 Å². The van der Waals surface area contributed by atoms with E-state index in [-0.39, 0.29) is 24.1 Å². The van der Waals surface area contributed by atoms with Crippen LogP contribution in [0.15, 0.2) is 30.3 Å². The molecule has 4 heteroatoms. The smallest absolute Gasteiger partial charge is 0.315 e. The van der Waals surface area contributed by atoms with Crippen LogP contribution in [0.5, 0.6) is 0 Å². The van der Waals surface area contributed by atoms with Crippen LogP contribution in [0, 0.1) is 5.41 Å². The van der Waals surface area contributed by atoms with E-state index in [1.54, 1.807) is 0 Å². The standard InChI is InChI=1S/C16H24N2O2/c1-2-14(10-13-6-4-3-5-7-13)18-15(20)17-11-16(12-19)8-9-16/h3-7,14,19H,2,8-12H2,1H3,(H2,17,18,20). The van der Waals surface area contributed by atoms with Gasteiger partial charge in [-0.15, -0.1) is 0 Å². The summed E-state index contributed by atoms with van der Waals surface area (Å²) < 4.78 is 0. The highest BCUT2D eigenvalue weighted by Gasteiger charge is 2.42. The van der Waals surface area contributed by atoms with Gasteiger partial charge in [-0.1, -0.05) is 37.3 Å². The normalized spacial score (nSPS) is 17.3. The molecular weight excluding hydrogens is 252 g/mol. The van der Waals surface area contributed by atoms with E-state index in [1.807, 2.05) is 18.2 Å². The summed E-state index contributed by atoms with van der Waals surface area (Å²) in [4.78, 5) is 11.9. The summed E-state index contributed by atoms with van der Waals surface area (Å²) in [6, 6.07) is 10.2. The van der Waals surface area contributed by atoms with Crippen LogP contribution in [0.3, 0.4) is 0 Å². The minimum Gasteiger partial charge on any atom is -0.396 e. The molecule has 0 saturated heterocycles. The Morgan fingerprint density at radius 1 is 1.35 bits per heavy atom. The number of hydrogen-bond acceptors (Lipinski definition) is 2. The fourth-order valence-electron chi connectivity index (χ4n) is 2.27. The van der Waals surface area contributed by atoms with E-state index >= 15 is 0 Å². The maximum absolute atomic E-state index is 11.9. The van der Waals surface area contributed by atoms with Crippen LogP contribution in [-0.2, 0) is 6.42 Å². The van der Waals surface area contributed by atoms with Gasteiger partial charge in [-0.05, 0) is 31.2 Å². The number of benzene rings is 1. The highest BCUT2D eigenvalue weighted by atomic mass is 16.3.